The summed E-state index contributed by atoms with van der Waals surface area (Å²) in [5.74, 6) is -2.04. The first-order valence-corrected chi connectivity index (χ1v) is 7.26. The van der Waals surface area contributed by atoms with Gasteiger partial charge in [0.2, 0.25) is 5.88 Å². The summed E-state index contributed by atoms with van der Waals surface area (Å²) in [7, 11) is 0. The number of halogens is 3. The maximum Gasteiger partial charge on any atom is 0.259 e. The number of rotatable bonds is 4. The zero-order valence-corrected chi connectivity index (χ0v) is 13.2. The smallest absolute Gasteiger partial charge is 0.259 e. The van der Waals surface area contributed by atoms with Gasteiger partial charge < -0.3 is 10.1 Å². The molecule has 9 heteroatoms. The highest BCUT2D eigenvalue weighted by Crippen LogP contribution is 2.21. The van der Waals surface area contributed by atoms with Crippen LogP contribution in [0.25, 0.3) is 0 Å². The molecule has 0 unspecified atom stereocenters. The predicted octanol–water partition coefficient (Wildman–Crippen LogP) is 3.85. The van der Waals surface area contributed by atoms with Crippen LogP contribution in [0, 0.1) is 11.6 Å². The number of hydrogen-bond donors (Lipinski definition) is 1. The van der Waals surface area contributed by atoms with Gasteiger partial charge in [-0.1, -0.05) is 17.7 Å². The lowest BCUT2D eigenvalue weighted by Gasteiger charge is -2.08. The molecule has 2 heterocycles. The SMILES string of the molecule is O=C(Nc1cncc(Oc2cncc(F)c2)n1)c1cccc(Cl)c1F. The van der Waals surface area contributed by atoms with Crippen LogP contribution in [0.3, 0.4) is 0 Å². The molecule has 25 heavy (non-hydrogen) atoms. The fourth-order valence-corrected chi connectivity index (χ4v) is 2.06. The van der Waals surface area contributed by atoms with Gasteiger partial charge in [-0.25, -0.2) is 8.78 Å². The Morgan fingerprint density at radius 2 is 1.92 bits per heavy atom. The fourth-order valence-electron chi connectivity index (χ4n) is 1.89. The van der Waals surface area contributed by atoms with Gasteiger partial charge >= 0.3 is 0 Å². The average Bonchev–Trinajstić information content (AvgIpc) is 2.57. The van der Waals surface area contributed by atoms with Crippen molar-refractivity contribution in [2.75, 3.05) is 5.32 Å². The molecular formula is C16H9ClF2N4O2. The molecule has 0 saturated heterocycles. The van der Waals surface area contributed by atoms with Crippen LogP contribution in [-0.4, -0.2) is 20.9 Å². The fraction of sp³-hybridized carbons (Fsp3) is 0. The molecule has 3 aromatic rings. The minimum Gasteiger partial charge on any atom is -0.436 e. The van der Waals surface area contributed by atoms with Gasteiger partial charge in [0.05, 0.1) is 35.4 Å². The van der Waals surface area contributed by atoms with Crippen molar-refractivity contribution >= 4 is 23.3 Å². The third-order valence-corrected chi connectivity index (χ3v) is 3.24. The average molecular weight is 363 g/mol. The molecule has 0 radical (unpaired) electrons. The molecule has 0 saturated carbocycles. The minimum absolute atomic E-state index is 0.00299. The maximum atomic E-state index is 13.9. The first-order chi connectivity index (χ1) is 12.0. The number of aromatic nitrogens is 3. The van der Waals surface area contributed by atoms with Crippen molar-refractivity contribution in [1.82, 2.24) is 15.0 Å². The molecule has 126 valence electrons. The lowest BCUT2D eigenvalue weighted by atomic mass is 10.2. The summed E-state index contributed by atoms with van der Waals surface area (Å²) in [4.78, 5) is 23.6. The molecule has 0 bridgehead atoms. The molecule has 0 aliphatic carbocycles. The topological polar surface area (TPSA) is 77.0 Å². The Morgan fingerprint density at radius 1 is 1.12 bits per heavy atom. The molecule has 3 rings (SSSR count). The number of hydrogen-bond acceptors (Lipinski definition) is 5. The van der Waals surface area contributed by atoms with E-state index in [9.17, 15) is 13.6 Å². The molecule has 0 atom stereocenters. The van der Waals surface area contributed by atoms with E-state index in [1.807, 2.05) is 0 Å². The number of carbonyl (C=O) groups is 1. The molecule has 0 aliphatic rings. The Kier molecular flexibility index (Phi) is 4.80. The van der Waals surface area contributed by atoms with Crippen molar-refractivity contribution in [3.63, 3.8) is 0 Å². The second kappa shape index (κ2) is 7.18. The lowest BCUT2D eigenvalue weighted by Crippen LogP contribution is -2.15. The number of benzene rings is 1. The number of carbonyl (C=O) groups excluding carboxylic acids is 1. The van der Waals surface area contributed by atoms with Crippen molar-refractivity contribution < 1.29 is 18.3 Å². The van der Waals surface area contributed by atoms with Crippen LogP contribution in [0.5, 0.6) is 11.6 Å². The van der Waals surface area contributed by atoms with E-state index >= 15 is 0 Å². The number of nitrogens with zero attached hydrogens (tertiary/aromatic N) is 3. The van der Waals surface area contributed by atoms with E-state index in [4.69, 9.17) is 16.3 Å². The molecule has 2 aromatic heterocycles. The number of amides is 1. The second-order valence-electron chi connectivity index (χ2n) is 4.74. The summed E-state index contributed by atoms with van der Waals surface area (Å²) < 4.78 is 32.3. The third kappa shape index (κ3) is 4.04. The number of anilines is 1. The van der Waals surface area contributed by atoms with E-state index in [-0.39, 0.29) is 28.0 Å². The lowest BCUT2D eigenvalue weighted by molar-refractivity contribution is 0.102. The van der Waals surface area contributed by atoms with Gasteiger partial charge in [0.15, 0.2) is 17.4 Å². The van der Waals surface area contributed by atoms with E-state index in [1.165, 1.54) is 36.8 Å². The second-order valence-corrected chi connectivity index (χ2v) is 5.15. The predicted molar refractivity (Wildman–Crippen MR) is 85.7 cm³/mol. The molecule has 0 spiro atoms. The van der Waals surface area contributed by atoms with Crippen LogP contribution in [0.4, 0.5) is 14.6 Å². The summed E-state index contributed by atoms with van der Waals surface area (Å²) in [6, 6.07) is 5.17. The van der Waals surface area contributed by atoms with Crippen LogP contribution in [0.1, 0.15) is 10.4 Å². The van der Waals surface area contributed by atoms with E-state index < -0.39 is 17.5 Å². The van der Waals surface area contributed by atoms with E-state index in [0.29, 0.717) is 0 Å². The highest BCUT2D eigenvalue weighted by Gasteiger charge is 2.15. The van der Waals surface area contributed by atoms with Crippen molar-refractivity contribution in [3.8, 4) is 11.6 Å². The van der Waals surface area contributed by atoms with E-state index in [1.54, 1.807) is 0 Å². The summed E-state index contributed by atoms with van der Waals surface area (Å²) in [6.07, 6.45) is 4.82. The van der Waals surface area contributed by atoms with Crippen LogP contribution in [-0.2, 0) is 0 Å². The Bertz CT molecular complexity index is 940. The normalized spacial score (nSPS) is 10.4. The number of pyridine rings is 1. The van der Waals surface area contributed by atoms with E-state index in [2.05, 4.69) is 20.3 Å². The van der Waals surface area contributed by atoms with Crippen molar-refractivity contribution in [2.24, 2.45) is 0 Å². The first kappa shape index (κ1) is 16.7. The number of ether oxygens (including phenoxy) is 1. The molecule has 1 amide bonds. The Balaban J connectivity index is 1.77. The van der Waals surface area contributed by atoms with Gasteiger partial charge in [-0.2, -0.15) is 4.98 Å². The largest absolute Gasteiger partial charge is 0.436 e. The van der Waals surface area contributed by atoms with E-state index in [0.717, 1.165) is 12.3 Å². The highest BCUT2D eigenvalue weighted by molar-refractivity contribution is 6.31. The third-order valence-electron chi connectivity index (χ3n) is 2.95. The Hall–Kier alpha value is -3.13. The summed E-state index contributed by atoms with van der Waals surface area (Å²) in [5, 5.41) is 2.21. The molecule has 0 aliphatic heterocycles. The van der Waals surface area contributed by atoms with Gasteiger partial charge in [0.1, 0.15) is 5.82 Å². The van der Waals surface area contributed by atoms with Gasteiger partial charge in [-0.3, -0.25) is 14.8 Å². The van der Waals surface area contributed by atoms with Crippen LogP contribution >= 0.6 is 11.6 Å². The van der Waals surface area contributed by atoms with Crippen LogP contribution < -0.4 is 10.1 Å². The van der Waals surface area contributed by atoms with Crippen LogP contribution in [0.15, 0.2) is 49.1 Å². The molecule has 1 N–H and O–H groups in total. The quantitative estimate of drug-likeness (QED) is 0.762. The highest BCUT2D eigenvalue weighted by atomic mass is 35.5. The minimum atomic E-state index is -0.840. The monoisotopic (exact) mass is 362 g/mol. The molecular weight excluding hydrogens is 354 g/mol. The zero-order valence-electron chi connectivity index (χ0n) is 12.4. The van der Waals surface area contributed by atoms with Crippen molar-refractivity contribution in [3.05, 3.63) is 71.3 Å². The van der Waals surface area contributed by atoms with Gasteiger partial charge in [-0.05, 0) is 12.1 Å². The summed E-state index contributed by atoms with van der Waals surface area (Å²) in [5.41, 5.74) is -0.241. The van der Waals surface area contributed by atoms with Gasteiger partial charge in [-0.15, -0.1) is 0 Å². The Labute approximate surface area is 145 Å². The van der Waals surface area contributed by atoms with Crippen LogP contribution in [0.2, 0.25) is 5.02 Å². The first-order valence-electron chi connectivity index (χ1n) is 6.89. The molecule has 0 fully saturated rings. The zero-order chi connectivity index (χ0) is 17.8. The van der Waals surface area contributed by atoms with Gasteiger partial charge in [0, 0.05) is 6.07 Å². The van der Waals surface area contributed by atoms with Crippen molar-refractivity contribution in [2.45, 2.75) is 0 Å². The Morgan fingerprint density at radius 3 is 2.72 bits per heavy atom. The van der Waals surface area contributed by atoms with Crippen molar-refractivity contribution in [1.29, 1.82) is 0 Å². The van der Waals surface area contributed by atoms with Gasteiger partial charge in [0.25, 0.3) is 5.91 Å². The maximum absolute atomic E-state index is 13.9. The number of nitrogens with one attached hydrogen (secondary N) is 1. The summed E-state index contributed by atoms with van der Waals surface area (Å²) >= 11 is 5.65. The molecule has 6 nitrogen and oxygen atoms in total. The standard InChI is InChI=1S/C16H9ClF2N4O2/c17-12-3-1-2-11(15(12)19)16(24)23-13-7-21-8-14(22-13)25-10-4-9(18)5-20-6-10/h1-8H,(H,22,23,24). The molecule has 1 aromatic carbocycles. The summed E-state index contributed by atoms with van der Waals surface area (Å²) in [6.45, 7) is 0.